The zero-order valence-electron chi connectivity index (χ0n) is 43.0. The van der Waals surface area contributed by atoms with Gasteiger partial charge in [-0.15, -0.1) is 0 Å². The van der Waals surface area contributed by atoms with Crippen molar-refractivity contribution in [1.82, 2.24) is 5.32 Å². The van der Waals surface area contributed by atoms with E-state index in [1.54, 1.807) is 0 Å². The Labute approximate surface area is 397 Å². The Hall–Kier alpha value is -2.16. The normalized spacial score (nSPS) is 11.4. The number of hydrogen-bond donors (Lipinski definition) is 5. The van der Waals surface area contributed by atoms with Gasteiger partial charge < -0.3 is 27.0 Å². The van der Waals surface area contributed by atoms with Crippen molar-refractivity contribution < 1.29 is 29.4 Å². The molecule has 382 valence electrons. The van der Waals surface area contributed by atoms with E-state index in [9.17, 15) is 24.3 Å². The van der Waals surface area contributed by atoms with Gasteiger partial charge in [0.25, 0.3) is 0 Å². The van der Waals surface area contributed by atoms with E-state index in [2.05, 4.69) is 26.1 Å². The highest BCUT2D eigenvalue weighted by Gasteiger charge is 2.16. The van der Waals surface area contributed by atoms with Crippen LogP contribution in [0.4, 0.5) is 0 Å². The molecule has 0 aliphatic carbocycles. The second-order valence-electron chi connectivity index (χ2n) is 19.1. The summed E-state index contributed by atoms with van der Waals surface area (Å²) < 4.78 is 0. The van der Waals surface area contributed by atoms with Crippen LogP contribution in [0.2, 0.25) is 0 Å². The maximum absolute atomic E-state index is 11.3. The Morgan fingerprint density at radius 1 is 0.359 bits per heavy atom. The molecule has 0 radical (unpaired) electrons. The Bertz CT molecular complexity index is 920. The molecule has 64 heavy (non-hydrogen) atoms. The van der Waals surface area contributed by atoms with Crippen LogP contribution in [0, 0.1) is 5.92 Å². The summed E-state index contributed by atoms with van der Waals surface area (Å²) in [7, 11) is 0. The number of nitrogens with one attached hydrogen (secondary N) is 1. The number of nitrogens with two attached hydrogens (primary N) is 2. The first-order valence-electron chi connectivity index (χ1n) is 27.8. The summed E-state index contributed by atoms with van der Waals surface area (Å²) in [4.78, 5) is 42.7. The summed E-state index contributed by atoms with van der Waals surface area (Å²) in [5, 5.41) is 20.6. The van der Waals surface area contributed by atoms with Crippen molar-refractivity contribution in [3.8, 4) is 0 Å². The molecule has 0 spiro atoms. The van der Waals surface area contributed by atoms with Crippen LogP contribution in [-0.2, 0) is 19.2 Å². The van der Waals surface area contributed by atoms with Gasteiger partial charge in [0.05, 0.1) is 12.5 Å². The van der Waals surface area contributed by atoms with Gasteiger partial charge in [-0.25, -0.2) is 0 Å². The van der Waals surface area contributed by atoms with Crippen molar-refractivity contribution in [2.24, 2.45) is 17.4 Å². The molecule has 0 heterocycles. The zero-order chi connectivity index (χ0) is 47.8. The number of hydrogen-bond acceptors (Lipinski definition) is 5. The highest BCUT2D eigenvalue weighted by atomic mass is 16.4. The SMILES string of the molecule is CCCCCCCCCCCC(CCCCNCC(=O)O)C(=O)O.CCCCCCCCCCCCCCCCCC(N)=O.CCCCCCCCCCCCCCCCCC(N)=O. The van der Waals surface area contributed by atoms with E-state index in [-0.39, 0.29) is 24.3 Å². The van der Waals surface area contributed by atoms with E-state index in [1.807, 2.05) is 0 Å². The average molecular weight is 911 g/mol. The molecule has 0 aromatic heterocycles. The van der Waals surface area contributed by atoms with Crippen LogP contribution < -0.4 is 16.8 Å². The van der Waals surface area contributed by atoms with E-state index < -0.39 is 11.9 Å². The number of amides is 2. The molecule has 0 saturated carbocycles. The van der Waals surface area contributed by atoms with Crippen molar-refractivity contribution in [2.45, 2.75) is 310 Å². The van der Waals surface area contributed by atoms with E-state index in [0.717, 1.165) is 44.9 Å². The van der Waals surface area contributed by atoms with Gasteiger partial charge in [0.2, 0.25) is 11.8 Å². The highest BCUT2D eigenvalue weighted by Crippen LogP contribution is 2.19. The summed E-state index contributed by atoms with van der Waals surface area (Å²) in [6.45, 7) is 7.39. The van der Waals surface area contributed by atoms with Gasteiger partial charge in [-0.1, -0.05) is 265 Å². The van der Waals surface area contributed by atoms with Crippen LogP contribution in [-0.4, -0.2) is 47.1 Å². The van der Waals surface area contributed by atoms with Gasteiger partial charge in [0.15, 0.2) is 0 Å². The lowest BCUT2D eigenvalue weighted by atomic mass is 9.95. The Balaban J connectivity index is -0.000000878. The predicted molar refractivity (Wildman–Crippen MR) is 275 cm³/mol. The molecule has 7 N–H and O–H groups in total. The molecule has 0 aliphatic rings. The molecule has 0 rings (SSSR count). The maximum atomic E-state index is 11.3. The third-order valence-corrected chi connectivity index (χ3v) is 12.5. The van der Waals surface area contributed by atoms with Crippen molar-refractivity contribution in [3.63, 3.8) is 0 Å². The van der Waals surface area contributed by atoms with Gasteiger partial charge in [-0.05, 0) is 38.6 Å². The minimum Gasteiger partial charge on any atom is -0.481 e. The van der Waals surface area contributed by atoms with Gasteiger partial charge >= 0.3 is 11.9 Å². The number of carbonyl (C=O) groups excluding carboxylic acids is 2. The molecule has 0 aliphatic heterocycles. The zero-order valence-corrected chi connectivity index (χ0v) is 43.0. The second-order valence-corrected chi connectivity index (χ2v) is 19.1. The van der Waals surface area contributed by atoms with E-state index in [1.165, 1.54) is 225 Å². The quantitative estimate of drug-likeness (QED) is 0.0378. The van der Waals surface area contributed by atoms with Crippen LogP contribution in [0.5, 0.6) is 0 Å². The number of aliphatic carboxylic acids is 2. The van der Waals surface area contributed by atoms with Gasteiger partial charge in [-0.3, -0.25) is 19.2 Å². The van der Waals surface area contributed by atoms with Crippen LogP contribution >= 0.6 is 0 Å². The third-order valence-electron chi connectivity index (χ3n) is 12.5. The maximum Gasteiger partial charge on any atom is 0.317 e. The molecule has 0 aromatic rings. The van der Waals surface area contributed by atoms with Crippen LogP contribution in [0.1, 0.15) is 310 Å². The Morgan fingerprint density at radius 3 is 0.828 bits per heavy atom. The minimum atomic E-state index is -0.858. The molecule has 9 heteroatoms. The minimum absolute atomic E-state index is 0.0270. The lowest BCUT2D eigenvalue weighted by molar-refractivity contribution is -0.142. The predicted octanol–water partition coefficient (Wildman–Crippen LogP) is 15.9. The van der Waals surface area contributed by atoms with Crippen LogP contribution in [0.25, 0.3) is 0 Å². The molecular formula is C55H111N3O6. The summed E-state index contributed by atoms with van der Waals surface area (Å²) in [5.74, 6) is -2.09. The second kappa shape index (κ2) is 58.9. The first-order valence-corrected chi connectivity index (χ1v) is 27.8. The fourth-order valence-electron chi connectivity index (χ4n) is 8.27. The first-order chi connectivity index (χ1) is 31.1. The lowest BCUT2D eigenvalue weighted by Gasteiger charge is -2.12. The smallest absolute Gasteiger partial charge is 0.317 e. The van der Waals surface area contributed by atoms with Crippen LogP contribution in [0.15, 0.2) is 0 Å². The van der Waals surface area contributed by atoms with Crippen molar-refractivity contribution in [2.75, 3.05) is 13.1 Å². The summed E-state index contributed by atoms with van der Waals surface area (Å²) >= 11 is 0. The number of unbranched alkanes of at least 4 members (excludes halogenated alkanes) is 37. The van der Waals surface area contributed by atoms with Gasteiger partial charge in [0.1, 0.15) is 0 Å². The molecule has 2 amide bonds. The van der Waals surface area contributed by atoms with Crippen molar-refractivity contribution in [1.29, 1.82) is 0 Å². The summed E-state index contributed by atoms with van der Waals surface area (Å²) in [6.07, 6.45) is 56.1. The molecule has 0 bridgehead atoms. The first kappa shape index (κ1) is 66.1. The number of rotatable bonds is 50. The standard InChI is InChI=1S/C19H37NO4.2C18H37NO/c1-2-3-4-5-6-7-8-9-10-13-17(19(23)24)14-11-12-15-20-16-18(21)22;2*1-2-3-4-5-6-7-8-9-10-11-12-13-14-15-16-17-18(19)20/h17,20H,2-16H2,1H3,(H,21,22)(H,23,24);2*2-17H2,1H3,(H2,19,20). The number of carbonyl (C=O) groups is 4. The fourth-order valence-corrected chi connectivity index (χ4v) is 8.27. The topological polar surface area (TPSA) is 173 Å². The molecule has 9 nitrogen and oxygen atoms in total. The van der Waals surface area contributed by atoms with E-state index in [0.29, 0.717) is 25.8 Å². The Kier molecular flexibility index (Phi) is 60.8. The fraction of sp³-hybridized carbons (Fsp3) is 0.927. The van der Waals surface area contributed by atoms with Gasteiger partial charge in [-0.2, -0.15) is 0 Å². The van der Waals surface area contributed by atoms with E-state index in [4.69, 9.17) is 16.6 Å². The lowest BCUT2D eigenvalue weighted by Crippen LogP contribution is -2.23. The largest absolute Gasteiger partial charge is 0.481 e. The highest BCUT2D eigenvalue weighted by molar-refractivity contribution is 5.73. The summed E-state index contributed by atoms with van der Waals surface area (Å²) in [5.41, 5.74) is 10.2. The average Bonchev–Trinajstić information content (AvgIpc) is 3.26. The Morgan fingerprint density at radius 2 is 0.594 bits per heavy atom. The van der Waals surface area contributed by atoms with E-state index >= 15 is 0 Å². The van der Waals surface area contributed by atoms with Gasteiger partial charge in [0, 0.05) is 12.8 Å². The monoisotopic (exact) mass is 910 g/mol. The third kappa shape index (κ3) is 66.4. The molecule has 1 unspecified atom stereocenters. The number of primary amides is 2. The molecule has 1 atom stereocenters. The molecular weight excluding hydrogens is 799 g/mol. The van der Waals surface area contributed by atoms with Crippen LogP contribution in [0.3, 0.4) is 0 Å². The molecule has 0 fully saturated rings. The molecule has 0 saturated heterocycles. The number of carboxylic acids is 2. The van der Waals surface area contributed by atoms with Crippen molar-refractivity contribution in [3.05, 3.63) is 0 Å². The molecule has 0 aromatic carbocycles. The number of carboxylic acid groups (broad SMARTS) is 2. The van der Waals surface area contributed by atoms with Crippen molar-refractivity contribution >= 4 is 23.8 Å². The summed E-state index contributed by atoms with van der Waals surface area (Å²) in [6, 6.07) is 0.